The molecule has 0 amide bonds. The van der Waals surface area contributed by atoms with Crippen LogP contribution in [0.3, 0.4) is 0 Å². The van der Waals surface area contributed by atoms with Crippen LogP contribution < -0.4 is 14.8 Å². The van der Waals surface area contributed by atoms with E-state index >= 15 is 0 Å². The highest BCUT2D eigenvalue weighted by molar-refractivity contribution is 6.32. The second-order valence-corrected chi connectivity index (χ2v) is 10.5. The standard InChI is InChI=1S/C29H32ClNO6/c1-6-36-23-12-18(11-20(30)27(23)33)25-24(28(34)37-15-17-7-9-19(35-5)10-8-17)16(2)31-21-13-29(3,4)14-22(32)26(21)25/h7-12,25,31,33H,6,13-15H2,1-5H3/t25-/m1/s1. The van der Waals surface area contributed by atoms with E-state index in [1.165, 1.54) is 0 Å². The van der Waals surface area contributed by atoms with E-state index in [2.05, 4.69) is 5.32 Å². The van der Waals surface area contributed by atoms with E-state index in [-0.39, 0.29) is 34.3 Å². The van der Waals surface area contributed by atoms with Gasteiger partial charge < -0.3 is 24.6 Å². The van der Waals surface area contributed by atoms with E-state index in [0.29, 0.717) is 47.6 Å². The molecule has 2 aromatic carbocycles. The summed E-state index contributed by atoms with van der Waals surface area (Å²) >= 11 is 6.37. The van der Waals surface area contributed by atoms with E-state index in [0.717, 1.165) is 11.3 Å². The fourth-order valence-corrected chi connectivity index (χ4v) is 5.23. The lowest BCUT2D eigenvalue weighted by Gasteiger charge is -2.39. The number of methoxy groups -OCH3 is 1. The summed E-state index contributed by atoms with van der Waals surface area (Å²) in [7, 11) is 1.59. The Kier molecular flexibility index (Phi) is 7.55. The summed E-state index contributed by atoms with van der Waals surface area (Å²) in [6.07, 6.45) is 1.00. The van der Waals surface area contributed by atoms with E-state index in [1.807, 2.05) is 26.0 Å². The van der Waals surface area contributed by atoms with Gasteiger partial charge in [0.25, 0.3) is 0 Å². The maximum absolute atomic E-state index is 13.6. The van der Waals surface area contributed by atoms with Crippen LogP contribution in [0.1, 0.15) is 57.6 Å². The first kappa shape index (κ1) is 26.6. The van der Waals surface area contributed by atoms with Gasteiger partial charge in [-0.25, -0.2) is 4.79 Å². The molecule has 1 heterocycles. The van der Waals surface area contributed by atoms with Gasteiger partial charge in [0.2, 0.25) is 0 Å². The molecule has 0 radical (unpaired) electrons. The average molecular weight is 526 g/mol. The monoisotopic (exact) mass is 525 g/mol. The molecule has 2 aliphatic rings. The normalized spacial score (nSPS) is 18.8. The summed E-state index contributed by atoms with van der Waals surface area (Å²) in [6.45, 7) is 8.07. The molecule has 0 saturated carbocycles. The lowest BCUT2D eigenvalue weighted by molar-refractivity contribution is -0.140. The Balaban J connectivity index is 1.76. The third kappa shape index (κ3) is 5.47. The summed E-state index contributed by atoms with van der Waals surface area (Å²) in [4.78, 5) is 27.1. The highest BCUT2D eigenvalue weighted by atomic mass is 35.5. The molecule has 8 heteroatoms. The highest BCUT2D eigenvalue weighted by Crippen LogP contribution is 2.49. The molecule has 37 heavy (non-hydrogen) atoms. The Bertz CT molecular complexity index is 1290. The zero-order valence-corrected chi connectivity index (χ0v) is 22.5. The van der Waals surface area contributed by atoms with Crippen molar-refractivity contribution in [2.75, 3.05) is 13.7 Å². The third-order valence-corrected chi connectivity index (χ3v) is 6.96. The molecular weight excluding hydrogens is 494 g/mol. The lowest BCUT2D eigenvalue weighted by Crippen LogP contribution is -2.38. The number of carbonyl (C=O) groups is 2. The van der Waals surface area contributed by atoms with Crippen LogP contribution in [0, 0.1) is 5.41 Å². The van der Waals surface area contributed by atoms with Crippen LogP contribution >= 0.6 is 11.6 Å². The van der Waals surface area contributed by atoms with Crippen LogP contribution in [0.25, 0.3) is 0 Å². The Morgan fingerprint density at radius 2 is 1.89 bits per heavy atom. The van der Waals surface area contributed by atoms with Gasteiger partial charge in [-0.2, -0.15) is 0 Å². The molecule has 0 spiro atoms. The SMILES string of the molecule is CCOc1cc([C@@H]2C(C(=O)OCc3ccc(OC)cc3)=C(C)NC3=C2C(=O)CC(C)(C)C3)cc(Cl)c1O. The predicted molar refractivity (Wildman–Crippen MR) is 141 cm³/mol. The van der Waals surface area contributed by atoms with Gasteiger partial charge in [0, 0.05) is 29.3 Å². The molecule has 0 bridgehead atoms. The zero-order chi connectivity index (χ0) is 26.9. The van der Waals surface area contributed by atoms with Crippen molar-refractivity contribution >= 4 is 23.4 Å². The second kappa shape index (κ2) is 10.5. The van der Waals surface area contributed by atoms with Crippen LogP contribution in [-0.2, 0) is 20.9 Å². The average Bonchev–Trinajstić information content (AvgIpc) is 2.84. The third-order valence-electron chi connectivity index (χ3n) is 6.67. The number of allylic oxidation sites excluding steroid dienone is 3. The van der Waals surface area contributed by atoms with Crippen molar-refractivity contribution in [2.24, 2.45) is 5.41 Å². The Labute approximate surface area is 222 Å². The molecule has 196 valence electrons. The number of benzene rings is 2. The lowest BCUT2D eigenvalue weighted by atomic mass is 9.68. The smallest absolute Gasteiger partial charge is 0.337 e. The maximum Gasteiger partial charge on any atom is 0.337 e. The Hall–Kier alpha value is -3.45. The molecule has 0 fully saturated rings. The van der Waals surface area contributed by atoms with Crippen molar-refractivity contribution in [3.05, 3.63) is 75.1 Å². The summed E-state index contributed by atoms with van der Waals surface area (Å²) < 4.78 is 16.5. The number of esters is 1. The van der Waals surface area contributed by atoms with Crippen LogP contribution in [-0.4, -0.2) is 30.6 Å². The van der Waals surface area contributed by atoms with Gasteiger partial charge in [-0.3, -0.25) is 4.79 Å². The summed E-state index contributed by atoms with van der Waals surface area (Å²) in [5.41, 5.74) is 3.39. The van der Waals surface area contributed by atoms with E-state index < -0.39 is 11.9 Å². The van der Waals surface area contributed by atoms with E-state index in [1.54, 1.807) is 45.2 Å². The van der Waals surface area contributed by atoms with Crippen LogP contribution in [0.5, 0.6) is 17.2 Å². The number of nitrogens with one attached hydrogen (secondary N) is 1. The first-order valence-electron chi connectivity index (χ1n) is 12.2. The molecule has 1 aliphatic carbocycles. The minimum atomic E-state index is -0.722. The number of hydrogen-bond donors (Lipinski definition) is 2. The van der Waals surface area contributed by atoms with E-state index in [9.17, 15) is 14.7 Å². The quantitative estimate of drug-likeness (QED) is 0.441. The minimum Gasteiger partial charge on any atom is -0.503 e. The van der Waals surface area contributed by atoms with Gasteiger partial charge in [0.05, 0.1) is 24.3 Å². The molecule has 2 N–H and O–H groups in total. The zero-order valence-electron chi connectivity index (χ0n) is 21.7. The number of aromatic hydroxyl groups is 1. The number of phenols is 1. The van der Waals surface area contributed by atoms with Crippen molar-refractivity contribution in [3.8, 4) is 17.2 Å². The number of phenolic OH excluding ortho intramolecular Hbond substituents is 1. The van der Waals surface area contributed by atoms with Gasteiger partial charge >= 0.3 is 5.97 Å². The molecular formula is C29H32ClNO6. The summed E-state index contributed by atoms with van der Waals surface area (Å²) in [5, 5.41) is 13.8. The Morgan fingerprint density at radius 1 is 1.19 bits per heavy atom. The topological polar surface area (TPSA) is 94.1 Å². The van der Waals surface area contributed by atoms with Crippen molar-refractivity contribution in [1.29, 1.82) is 0 Å². The molecule has 1 aliphatic heterocycles. The van der Waals surface area contributed by atoms with Gasteiger partial charge in [-0.1, -0.05) is 37.6 Å². The van der Waals surface area contributed by atoms with Crippen molar-refractivity contribution in [3.63, 3.8) is 0 Å². The van der Waals surface area contributed by atoms with Crippen LogP contribution in [0.2, 0.25) is 5.02 Å². The molecule has 0 unspecified atom stereocenters. The molecule has 2 aromatic rings. The van der Waals surface area contributed by atoms with Crippen molar-refractivity contribution in [1.82, 2.24) is 5.32 Å². The molecule has 4 rings (SSSR count). The molecule has 1 atom stereocenters. The number of dihydropyridines is 1. The predicted octanol–water partition coefficient (Wildman–Crippen LogP) is 5.80. The maximum atomic E-state index is 13.6. The number of halogens is 1. The van der Waals surface area contributed by atoms with Crippen molar-refractivity contribution < 1.29 is 28.9 Å². The molecule has 0 aromatic heterocycles. The summed E-state index contributed by atoms with van der Waals surface area (Å²) in [5.74, 6) is -0.594. The van der Waals surface area contributed by atoms with Gasteiger partial charge in [0.15, 0.2) is 17.3 Å². The second-order valence-electron chi connectivity index (χ2n) is 10.1. The van der Waals surface area contributed by atoms with Crippen molar-refractivity contribution in [2.45, 2.75) is 53.1 Å². The first-order chi connectivity index (χ1) is 17.5. The number of Topliss-reactive ketones (excluding diaryl/α,β-unsaturated/α-hetero) is 1. The summed E-state index contributed by atoms with van der Waals surface area (Å²) in [6, 6.07) is 10.5. The molecule has 0 saturated heterocycles. The minimum absolute atomic E-state index is 0.0427. The van der Waals surface area contributed by atoms with Gasteiger partial charge in [-0.05, 0) is 61.1 Å². The fraction of sp³-hybridized carbons (Fsp3) is 0.379. The number of hydrogen-bond acceptors (Lipinski definition) is 7. The van der Waals surface area contributed by atoms with E-state index in [4.69, 9.17) is 25.8 Å². The van der Waals surface area contributed by atoms with Gasteiger partial charge in [-0.15, -0.1) is 0 Å². The highest BCUT2D eigenvalue weighted by Gasteiger charge is 2.43. The largest absolute Gasteiger partial charge is 0.503 e. The first-order valence-corrected chi connectivity index (χ1v) is 12.6. The number of ketones is 1. The Morgan fingerprint density at radius 3 is 2.54 bits per heavy atom. The van der Waals surface area contributed by atoms with Crippen LogP contribution in [0.15, 0.2) is 58.9 Å². The number of rotatable bonds is 7. The van der Waals surface area contributed by atoms with Crippen LogP contribution in [0.4, 0.5) is 0 Å². The number of carbonyl (C=O) groups excluding carboxylic acids is 2. The molecule has 7 nitrogen and oxygen atoms in total. The number of ether oxygens (including phenoxy) is 3. The fourth-order valence-electron chi connectivity index (χ4n) is 5.01. The van der Waals surface area contributed by atoms with Gasteiger partial charge in [0.1, 0.15) is 12.4 Å².